The number of alkyl halides is 3. The van der Waals surface area contributed by atoms with Crippen molar-refractivity contribution in [2.24, 2.45) is 5.92 Å². The number of benzene rings is 3. The summed E-state index contributed by atoms with van der Waals surface area (Å²) in [5.74, 6) is -1.55. The summed E-state index contributed by atoms with van der Waals surface area (Å²) in [7, 11) is 0. The normalized spacial score (nSPS) is 16.2. The number of hydrogen-bond acceptors (Lipinski definition) is 8. The van der Waals surface area contributed by atoms with Crippen molar-refractivity contribution in [3.8, 4) is 17.1 Å². The molecule has 258 valence electrons. The predicted octanol–water partition coefficient (Wildman–Crippen LogP) is 7.56. The first-order valence-corrected chi connectivity index (χ1v) is 15.9. The van der Waals surface area contributed by atoms with Crippen LogP contribution in [0.25, 0.3) is 33.3 Å². The first kappa shape index (κ1) is 34.1. The number of carboxylic acids is 2. The van der Waals surface area contributed by atoms with Crippen LogP contribution in [0.15, 0.2) is 83.4 Å². The van der Waals surface area contributed by atoms with Crippen molar-refractivity contribution in [2.75, 3.05) is 0 Å². The predicted molar refractivity (Wildman–Crippen MR) is 175 cm³/mol. The van der Waals surface area contributed by atoms with Crippen molar-refractivity contribution in [3.63, 3.8) is 0 Å². The molecular weight excluding hydrogens is 655 g/mol. The number of nitrogens with zero attached hydrogens (tertiary/aromatic N) is 5. The van der Waals surface area contributed by atoms with Crippen molar-refractivity contribution in [3.05, 3.63) is 102 Å². The van der Waals surface area contributed by atoms with E-state index in [4.69, 9.17) is 29.1 Å². The van der Waals surface area contributed by atoms with Crippen LogP contribution in [0, 0.1) is 12.8 Å². The third kappa shape index (κ3) is 7.74. The molecule has 7 rings (SSSR count). The molecule has 3 heterocycles. The number of rotatable bonds is 8. The maximum atomic E-state index is 12.3. The number of aromatic nitrogens is 5. The average Bonchev–Trinajstić information content (AvgIpc) is 3.70. The Kier molecular flexibility index (Phi) is 9.79. The summed E-state index contributed by atoms with van der Waals surface area (Å²) in [6, 6.07) is 26.0. The molecule has 1 aliphatic rings. The SMILES string of the molecule is Cc1nc(-c2ccc(Cn3c([C@H]4CCCC[C@H]4C(=O)O)nc4cc(OCc5ccc6ccccc6n5)ccc43)cc2)no1.O=C(O)C(F)(F)F. The summed E-state index contributed by atoms with van der Waals surface area (Å²) in [5, 5.41) is 22.3. The van der Waals surface area contributed by atoms with Crippen LogP contribution in [-0.2, 0) is 22.7 Å². The van der Waals surface area contributed by atoms with Crippen molar-refractivity contribution in [1.82, 2.24) is 24.7 Å². The molecule has 50 heavy (non-hydrogen) atoms. The van der Waals surface area contributed by atoms with Gasteiger partial charge in [0.1, 0.15) is 18.2 Å². The van der Waals surface area contributed by atoms with E-state index in [0.29, 0.717) is 37.0 Å². The Morgan fingerprint density at radius 1 is 0.920 bits per heavy atom. The third-order valence-corrected chi connectivity index (χ3v) is 8.53. The topological polar surface area (TPSA) is 153 Å². The highest BCUT2D eigenvalue weighted by Crippen LogP contribution is 2.39. The van der Waals surface area contributed by atoms with Gasteiger partial charge in [-0.3, -0.25) is 4.79 Å². The van der Waals surface area contributed by atoms with Crippen LogP contribution in [0.2, 0.25) is 0 Å². The number of aryl methyl sites for hydroxylation is 1. The lowest BCUT2D eigenvalue weighted by Crippen LogP contribution is -2.27. The Hall–Kier alpha value is -5.79. The third-order valence-electron chi connectivity index (χ3n) is 8.53. The average molecular weight is 688 g/mol. The Morgan fingerprint density at radius 3 is 2.36 bits per heavy atom. The van der Waals surface area contributed by atoms with Crippen LogP contribution in [0.1, 0.15) is 54.6 Å². The smallest absolute Gasteiger partial charge is 0.487 e. The molecule has 2 N–H and O–H groups in total. The minimum absolute atomic E-state index is 0.161. The zero-order valence-corrected chi connectivity index (χ0v) is 26.8. The first-order valence-electron chi connectivity index (χ1n) is 15.9. The number of carboxylic acid groups (broad SMARTS) is 2. The summed E-state index contributed by atoms with van der Waals surface area (Å²) in [6.45, 7) is 2.66. The van der Waals surface area contributed by atoms with Gasteiger partial charge in [-0.2, -0.15) is 18.2 Å². The van der Waals surface area contributed by atoms with Gasteiger partial charge >= 0.3 is 18.1 Å². The molecule has 3 aromatic carbocycles. The molecule has 0 unspecified atom stereocenters. The van der Waals surface area contributed by atoms with Crippen molar-refractivity contribution in [1.29, 1.82) is 0 Å². The summed E-state index contributed by atoms with van der Waals surface area (Å²) < 4.78 is 45.2. The molecule has 1 aliphatic carbocycles. The van der Waals surface area contributed by atoms with Gasteiger partial charge in [0, 0.05) is 36.4 Å². The van der Waals surface area contributed by atoms with E-state index in [9.17, 15) is 23.1 Å². The highest BCUT2D eigenvalue weighted by Gasteiger charge is 2.38. The highest BCUT2D eigenvalue weighted by atomic mass is 19.4. The molecule has 1 fully saturated rings. The standard InChI is InChI=1S/C34H31N5O4.C2HF3O2/c1-21-35-32(38-43-21)24-12-10-22(11-13-24)19-39-31-17-16-26(42-20-25-15-14-23-6-2-5-9-29(23)36-25)18-30(31)37-33(39)27-7-3-4-8-28(27)34(40)41;3-2(4,5)1(6)7/h2,5-6,9-18,27-28H,3-4,7-8,19-20H2,1H3,(H,40,41);(H,6,7)/t27-,28+;/m0./s1. The van der Waals surface area contributed by atoms with Gasteiger partial charge < -0.3 is 24.0 Å². The zero-order valence-electron chi connectivity index (χ0n) is 26.8. The van der Waals surface area contributed by atoms with E-state index in [0.717, 1.165) is 63.8 Å². The monoisotopic (exact) mass is 687 g/mol. The quantitative estimate of drug-likeness (QED) is 0.164. The van der Waals surface area contributed by atoms with Gasteiger partial charge in [-0.25, -0.2) is 14.8 Å². The van der Waals surface area contributed by atoms with Crippen molar-refractivity contribution in [2.45, 2.75) is 57.9 Å². The number of aliphatic carboxylic acids is 2. The molecular formula is C36H32F3N5O6. The lowest BCUT2D eigenvalue weighted by Gasteiger charge is -2.28. The Morgan fingerprint density at radius 2 is 1.66 bits per heavy atom. The van der Waals surface area contributed by atoms with Crippen LogP contribution >= 0.6 is 0 Å². The number of imidazole rings is 1. The number of ether oxygens (including phenoxy) is 1. The molecule has 1 saturated carbocycles. The fourth-order valence-electron chi connectivity index (χ4n) is 6.11. The van der Waals surface area contributed by atoms with Crippen molar-refractivity contribution < 1.29 is 42.2 Å². The fraction of sp³-hybridized carbons (Fsp3) is 0.278. The highest BCUT2D eigenvalue weighted by molar-refractivity contribution is 5.79. The molecule has 0 bridgehead atoms. The van der Waals surface area contributed by atoms with Crippen molar-refractivity contribution >= 4 is 33.9 Å². The molecule has 11 nitrogen and oxygen atoms in total. The van der Waals surface area contributed by atoms with E-state index in [1.54, 1.807) is 6.92 Å². The van der Waals surface area contributed by atoms with Crippen LogP contribution in [0.5, 0.6) is 5.75 Å². The Bertz CT molecular complexity index is 2140. The second kappa shape index (κ2) is 14.4. The molecule has 14 heteroatoms. The first-order chi connectivity index (χ1) is 24.0. The molecule has 0 aliphatic heterocycles. The lowest BCUT2D eigenvalue weighted by atomic mass is 9.78. The second-order valence-corrected chi connectivity index (χ2v) is 12.0. The number of halogens is 3. The lowest BCUT2D eigenvalue weighted by molar-refractivity contribution is -0.192. The summed E-state index contributed by atoms with van der Waals surface area (Å²) in [6.07, 6.45) is -1.71. The molecule has 0 radical (unpaired) electrons. The van der Waals surface area contributed by atoms with Gasteiger partial charge in [0.25, 0.3) is 0 Å². The summed E-state index contributed by atoms with van der Waals surface area (Å²) in [5.41, 5.74) is 5.44. The van der Waals surface area contributed by atoms with Crippen LogP contribution in [0.3, 0.4) is 0 Å². The molecule has 3 aromatic heterocycles. The van der Waals surface area contributed by atoms with Crippen LogP contribution in [-0.4, -0.2) is 53.0 Å². The van der Waals surface area contributed by atoms with Gasteiger partial charge in [0.05, 0.1) is 28.2 Å². The van der Waals surface area contributed by atoms with Crippen LogP contribution < -0.4 is 4.74 Å². The van der Waals surface area contributed by atoms with Crippen LogP contribution in [0.4, 0.5) is 13.2 Å². The molecule has 0 spiro atoms. The minimum Gasteiger partial charge on any atom is -0.487 e. The number of carbonyl (C=O) groups is 2. The Balaban J connectivity index is 0.000000561. The molecule has 2 atom stereocenters. The number of pyridine rings is 1. The number of hydrogen-bond donors (Lipinski definition) is 2. The van der Waals surface area contributed by atoms with E-state index < -0.39 is 24.0 Å². The molecule has 0 saturated heterocycles. The van der Waals surface area contributed by atoms with Gasteiger partial charge in [-0.15, -0.1) is 0 Å². The summed E-state index contributed by atoms with van der Waals surface area (Å²) >= 11 is 0. The molecule has 0 amide bonds. The maximum absolute atomic E-state index is 12.3. The van der Waals surface area contributed by atoms with E-state index in [-0.39, 0.29) is 5.92 Å². The van der Waals surface area contributed by atoms with Gasteiger partial charge in [0.2, 0.25) is 11.7 Å². The van der Waals surface area contributed by atoms with E-state index in [2.05, 4.69) is 20.8 Å². The van der Waals surface area contributed by atoms with E-state index in [1.807, 2.05) is 72.8 Å². The maximum Gasteiger partial charge on any atom is 0.490 e. The van der Waals surface area contributed by atoms with E-state index >= 15 is 0 Å². The largest absolute Gasteiger partial charge is 0.490 e. The zero-order chi connectivity index (χ0) is 35.4. The number of fused-ring (bicyclic) bond motifs is 2. The van der Waals surface area contributed by atoms with Gasteiger partial charge in [-0.1, -0.05) is 66.5 Å². The number of para-hydroxylation sites is 1. The van der Waals surface area contributed by atoms with Gasteiger partial charge in [-0.05, 0) is 42.7 Å². The van der Waals surface area contributed by atoms with E-state index in [1.165, 1.54) is 0 Å². The Labute approximate surface area is 283 Å². The summed E-state index contributed by atoms with van der Waals surface area (Å²) in [4.78, 5) is 35.3. The fourth-order valence-corrected chi connectivity index (χ4v) is 6.11. The second-order valence-electron chi connectivity index (χ2n) is 12.0. The van der Waals surface area contributed by atoms with Gasteiger partial charge in [0.15, 0.2) is 0 Å². The molecule has 6 aromatic rings. The minimum atomic E-state index is -5.08.